The Morgan fingerprint density at radius 1 is 0.793 bits per heavy atom. The molecule has 2 aromatic rings. The summed E-state index contributed by atoms with van der Waals surface area (Å²) in [7, 11) is 0. The number of aliphatic hydroxyl groups excluding tert-OH is 7. The van der Waals surface area contributed by atoms with Crippen molar-refractivity contribution in [2.45, 2.75) is 87.1 Å². The minimum atomic E-state index is -1.86. The van der Waals surface area contributed by atoms with Gasteiger partial charge in [-0.15, -0.1) is 0 Å². The molecular formula is C39H43NO17S. The zero-order valence-electron chi connectivity index (χ0n) is 30.6. The molecule has 0 amide bonds. The lowest BCUT2D eigenvalue weighted by Crippen LogP contribution is -2.63. The van der Waals surface area contributed by atoms with Crippen LogP contribution < -0.4 is 10.7 Å². The number of aromatic hydroxyl groups is 1. The average Bonchev–Trinajstić information content (AvgIpc) is 3.19. The van der Waals surface area contributed by atoms with Gasteiger partial charge in [-0.1, -0.05) is 24.4 Å². The van der Waals surface area contributed by atoms with Crippen LogP contribution in [-0.4, -0.2) is 144 Å². The largest absolute Gasteiger partial charge is 0.508 e. The number of carboxylic acids is 1. The Balaban J connectivity index is 0.986. The molecule has 0 spiro atoms. The highest BCUT2D eigenvalue weighted by Crippen LogP contribution is 2.42. The van der Waals surface area contributed by atoms with Gasteiger partial charge < -0.3 is 74.6 Å². The van der Waals surface area contributed by atoms with Crippen LogP contribution in [0.4, 0.5) is 0 Å². The van der Waals surface area contributed by atoms with Crippen molar-refractivity contribution in [2.24, 2.45) is 0 Å². The molecule has 0 saturated carbocycles. The Hall–Kier alpha value is -4.64. The van der Waals surface area contributed by atoms with Gasteiger partial charge in [0.1, 0.15) is 72.5 Å². The Morgan fingerprint density at radius 3 is 2.16 bits per heavy atom. The first kappa shape index (κ1) is 43.0. The topological polar surface area (TPSA) is 295 Å². The Bertz CT molecular complexity index is 2140. The van der Waals surface area contributed by atoms with Gasteiger partial charge in [-0.3, -0.25) is 9.59 Å². The molecule has 58 heavy (non-hydrogen) atoms. The highest BCUT2D eigenvalue weighted by molar-refractivity contribution is 7.80. The van der Waals surface area contributed by atoms with Gasteiger partial charge in [0.15, 0.2) is 18.0 Å². The van der Waals surface area contributed by atoms with E-state index >= 15 is 0 Å². The van der Waals surface area contributed by atoms with Crippen molar-refractivity contribution in [3.63, 3.8) is 0 Å². The van der Waals surface area contributed by atoms with Crippen LogP contribution in [0.15, 0.2) is 63.8 Å². The monoisotopic (exact) mass is 829 g/mol. The summed E-state index contributed by atoms with van der Waals surface area (Å²) < 4.78 is 27.2. The molecule has 3 heterocycles. The summed E-state index contributed by atoms with van der Waals surface area (Å²) in [4.78, 5) is 37.6. The number of carboxylic acid groups (broad SMARTS) is 1. The highest BCUT2D eigenvalue weighted by atomic mass is 32.1. The third kappa shape index (κ3) is 9.46. The third-order valence-corrected chi connectivity index (χ3v) is 10.2. The van der Waals surface area contributed by atoms with E-state index in [-0.39, 0.29) is 40.9 Å². The second-order valence-electron chi connectivity index (χ2n) is 14.0. The summed E-state index contributed by atoms with van der Waals surface area (Å²) in [5, 5.41) is 94.7. The molecule has 0 aromatic heterocycles. The first-order valence-electron chi connectivity index (χ1n) is 18.3. The number of hydrogen-bond donors (Lipinski definition) is 10. The molecule has 19 heteroatoms. The molecule has 10 atom stereocenters. The lowest BCUT2D eigenvalue weighted by molar-refractivity contribution is -0.376. The zero-order valence-corrected chi connectivity index (χ0v) is 31.4. The van der Waals surface area contributed by atoms with Gasteiger partial charge in [-0.05, 0) is 54.3 Å². The zero-order chi connectivity index (χ0) is 41.8. The number of benzene rings is 3. The first-order valence-corrected chi connectivity index (χ1v) is 18.7. The van der Waals surface area contributed by atoms with Crippen molar-refractivity contribution in [3.05, 3.63) is 75.9 Å². The van der Waals surface area contributed by atoms with Gasteiger partial charge in [0.05, 0.1) is 17.2 Å². The second kappa shape index (κ2) is 18.5. The number of carbonyl (C=O) groups is 2. The van der Waals surface area contributed by atoms with E-state index in [1.54, 1.807) is 24.3 Å². The van der Waals surface area contributed by atoms with Crippen LogP contribution in [0.25, 0.3) is 33.4 Å². The lowest BCUT2D eigenvalue weighted by atomic mass is 9.89. The van der Waals surface area contributed by atoms with Gasteiger partial charge in [0.2, 0.25) is 0 Å². The standard InChI is InChI=1S/C39H43NO17S/c41-15-26-31(45)33(47)35(49)38(55-26)57-39-36(50)34(48)32(46)27(56-39)16-53-29(44)3-1-2-10-40-28(58)12-17-4-7-20(23(11-17)37(51)52)30-21-8-5-18(42)13-24(21)54-25-14-19(43)6-9-22(25)30/h4-9,11,13-14,26-27,31-36,38-39,41-42,45-50H,1-3,10,12,15-16H2,(H,40,58)(H,51,52)/t26?,27?,31-,32-,33?,34+,35-,36?,38-,39-/m1/s1. The number of nitrogens with one attached hydrogen (secondary N) is 1. The van der Waals surface area contributed by atoms with E-state index in [1.165, 1.54) is 30.3 Å². The number of fused-ring (bicyclic) bond motifs is 2. The molecule has 4 unspecified atom stereocenters. The van der Waals surface area contributed by atoms with Gasteiger partial charge in [0, 0.05) is 48.0 Å². The van der Waals surface area contributed by atoms with Crippen LogP contribution in [0.5, 0.6) is 5.75 Å². The van der Waals surface area contributed by atoms with Crippen LogP contribution in [-0.2, 0) is 30.2 Å². The van der Waals surface area contributed by atoms with Crippen LogP contribution >= 0.6 is 12.2 Å². The molecule has 2 fully saturated rings. The fourth-order valence-electron chi connectivity index (χ4n) is 6.84. The quantitative estimate of drug-likeness (QED) is 0.0340. The number of unbranched alkanes of at least 4 members (excludes halogenated alkanes) is 1. The molecule has 3 aliphatic heterocycles. The number of esters is 1. The summed E-state index contributed by atoms with van der Waals surface area (Å²) >= 11 is 5.50. The summed E-state index contributed by atoms with van der Waals surface area (Å²) in [5.41, 5.74) is 1.97. The maximum absolute atomic E-state index is 12.5. The van der Waals surface area contributed by atoms with E-state index in [2.05, 4.69) is 5.32 Å². The summed E-state index contributed by atoms with van der Waals surface area (Å²) in [6.07, 6.45) is -15.8. The summed E-state index contributed by atoms with van der Waals surface area (Å²) in [6.45, 7) is -0.910. The van der Waals surface area contributed by atoms with E-state index in [4.69, 9.17) is 35.6 Å². The molecule has 0 radical (unpaired) electrons. The maximum atomic E-state index is 12.5. The number of ether oxygens (including phenoxy) is 4. The van der Waals surface area contributed by atoms with Gasteiger partial charge >= 0.3 is 11.9 Å². The minimum Gasteiger partial charge on any atom is -0.508 e. The fraction of sp³-hybridized carbons (Fsp3) is 0.436. The van der Waals surface area contributed by atoms with Gasteiger partial charge in [0.25, 0.3) is 0 Å². The number of rotatable bonds is 14. The molecule has 18 nitrogen and oxygen atoms in total. The molecule has 312 valence electrons. The molecule has 4 aliphatic rings. The van der Waals surface area contributed by atoms with E-state index < -0.39 is 86.6 Å². The second-order valence-corrected chi connectivity index (χ2v) is 14.5. The fourth-order valence-corrected chi connectivity index (χ4v) is 7.11. The van der Waals surface area contributed by atoms with Crippen molar-refractivity contribution < 1.29 is 78.9 Å². The third-order valence-electron chi connectivity index (χ3n) is 9.95. The molecule has 10 N–H and O–H groups in total. The molecular weight excluding hydrogens is 786 g/mol. The van der Waals surface area contributed by atoms with E-state index in [9.17, 15) is 60.3 Å². The van der Waals surface area contributed by atoms with Crippen molar-refractivity contribution in [1.82, 2.24) is 5.32 Å². The number of aliphatic hydroxyl groups is 7. The molecule has 1 aliphatic carbocycles. The van der Waals surface area contributed by atoms with Crippen LogP contribution in [0.1, 0.15) is 35.2 Å². The molecule has 2 saturated heterocycles. The Kier molecular flexibility index (Phi) is 13.7. The summed E-state index contributed by atoms with van der Waals surface area (Å²) in [6, 6.07) is 13.6. The SMILES string of the molecule is O=C(CCCCNC(=S)Cc1ccc(-c2c3ccc(=O)cc-3oc3cc(O)ccc23)c(C(=O)O)c1)OCC1O[C@H](O[C@H]2OC(CO)[C@@H](O)C(O)[C@H]2O)C(O)[C@@H](O)[C@@H]1O. The van der Waals surface area contributed by atoms with E-state index in [0.29, 0.717) is 52.0 Å². The van der Waals surface area contributed by atoms with Crippen molar-refractivity contribution in [3.8, 4) is 28.2 Å². The highest BCUT2D eigenvalue weighted by Gasteiger charge is 2.50. The minimum absolute atomic E-state index is 0.0134. The van der Waals surface area contributed by atoms with Gasteiger partial charge in [-0.25, -0.2) is 4.79 Å². The number of carbonyl (C=O) groups excluding carboxylic acids is 1. The number of thiocarbonyl (C=S) groups is 1. The number of phenols is 1. The van der Waals surface area contributed by atoms with Crippen LogP contribution in [0, 0.1) is 0 Å². The molecule has 2 aromatic carbocycles. The smallest absolute Gasteiger partial charge is 0.336 e. The number of aromatic carboxylic acids is 1. The Morgan fingerprint density at radius 2 is 1.47 bits per heavy atom. The van der Waals surface area contributed by atoms with E-state index in [1.807, 2.05) is 0 Å². The first-order chi connectivity index (χ1) is 27.7. The number of phenolic OH excluding ortho intramolecular Hbond substituents is 1. The van der Waals surface area contributed by atoms with Gasteiger partial charge in [-0.2, -0.15) is 0 Å². The average molecular weight is 830 g/mol. The predicted molar refractivity (Wildman–Crippen MR) is 204 cm³/mol. The van der Waals surface area contributed by atoms with Crippen molar-refractivity contribution in [1.29, 1.82) is 0 Å². The lowest BCUT2D eigenvalue weighted by Gasteiger charge is -2.44. The van der Waals surface area contributed by atoms with Crippen molar-refractivity contribution >= 4 is 40.1 Å². The van der Waals surface area contributed by atoms with Crippen LogP contribution in [0.2, 0.25) is 0 Å². The number of hydrogen-bond acceptors (Lipinski definition) is 17. The van der Waals surface area contributed by atoms with Crippen molar-refractivity contribution in [2.75, 3.05) is 19.8 Å². The maximum Gasteiger partial charge on any atom is 0.336 e. The normalized spacial score (nSPS) is 27.4. The molecule has 6 rings (SSSR count). The Labute approximate surface area is 334 Å². The summed E-state index contributed by atoms with van der Waals surface area (Å²) in [5.74, 6) is -1.69. The molecule has 0 bridgehead atoms. The predicted octanol–water partition coefficient (Wildman–Crippen LogP) is -0.234. The van der Waals surface area contributed by atoms with E-state index in [0.717, 1.165) is 0 Å². The van der Waals surface area contributed by atoms with Crippen LogP contribution in [0.3, 0.4) is 0 Å².